The fraction of sp³-hybridized carbons (Fsp3) is 0.350. The molecule has 0 aliphatic carbocycles. The molecule has 0 amide bonds. The highest BCUT2D eigenvalue weighted by Gasteiger charge is 2.13. The van der Waals surface area contributed by atoms with E-state index in [1.54, 1.807) is 0 Å². The average Bonchev–Trinajstić information content (AvgIpc) is 3.22. The van der Waals surface area contributed by atoms with E-state index in [0.29, 0.717) is 11.7 Å². The molecule has 2 aromatic heterocycles. The van der Waals surface area contributed by atoms with Crippen molar-refractivity contribution in [2.45, 2.75) is 47.3 Å². The normalized spacial score (nSPS) is 10.8. The SMILES string of the molecule is CCn1ccc(CNC(=S)Nc2c(C)nn(Cc3ccc(C)cc3)c2C)n1. The van der Waals surface area contributed by atoms with Crippen LogP contribution in [0, 0.1) is 20.8 Å². The van der Waals surface area contributed by atoms with Crippen LogP contribution in [0.15, 0.2) is 36.5 Å². The first-order valence-corrected chi connectivity index (χ1v) is 9.53. The largest absolute Gasteiger partial charge is 0.357 e. The summed E-state index contributed by atoms with van der Waals surface area (Å²) in [5.74, 6) is 0. The predicted molar refractivity (Wildman–Crippen MR) is 113 cm³/mol. The number of thiocarbonyl (C=S) groups is 1. The molecule has 2 N–H and O–H groups in total. The predicted octanol–water partition coefficient (Wildman–Crippen LogP) is 3.56. The highest BCUT2D eigenvalue weighted by molar-refractivity contribution is 7.80. The molecule has 3 rings (SSSR count). The molecule has 1 aromatic carbocycles. The summed E-state index contributed by atoms with van der Waals surface area (Å²) in [5.41, 5.74) is 6.40. The summed E-state index contributed by atoms with van der Waals surface area (Å²) < 4.78 is 3.91. The maximum Gasteiger partial charge on any atom is 0.171 e. The number of anilines is 1. The molecule has 0 bridgehead atoms. The van der Waals surface area contributed by atoms with Crippen LogP contribution in [0.2, 0.25) is 0 Å². The summed E-state index contributed by atoms with van der Waals surface area (Å²) in [5, 5.41) is 16.2. The number of benzene rings is 1. The van der Waals surface area contributed by atoms with Gasteiger partial charge in [-0.25, -0.2) is 0 Å². The van der Waals surface area contributed by atoms with Crippen molar-refractivity contribution in [3.05, 3.63) is 64.7 Å². The maximum absolute atomic E-state index is 5.45. The lowest BCUT2D eigenvalue weighted by atomic mass is 10.1. The van der Waals surface area contributed by atoms with E-state index in [1.165, 1.54) is 11.1 Å². The van der Waals surface area contributed by atoms with Gasteiger partial charge in [-0.05, 0) is 51.5 Å². The summed E-state index contributed by atoms with van der Waals surface area (Å²) in [6.45, 7) is 10.4. The molecule has 0 unspecified atom stereocenters. The van der Waals surface area contributed by atoms with E-state index in [-0.39, 0.29) is 0 Å². The highest BCUT2D eigenvalue weighted by atomic mass is 32.1. The van der Waals surface area contributed by atoms with Gasteiger partial charge in [-0.2, -0.15) is 10.2 Å². The molecule has 0 aliphatic heterocycles. The number of nitrogens with one attached hydrogen (secondary N) is 2. The zero-order chi connectivity index (χ0) is 19.4. The summed E-state index contributed by atoms with van der Waals surface area (Å²) in [4.78, 5) is 0. The Balaban J connectivity index is 1.63. The molecule has 6 nitrogen and oxygen atoms in total. The number of aryl methyl sites for hydroxylation is 3. The van der Waals surface area contributed by atoms with Gasteiger partial charge in [0.05, 0.1) is 35.9 Å². The van der Waals surface area contributed by atoms with Gasteiger partial charge in [0.15, 0.2) is 5.11 Å². The fourth-order valence-electron chi connectivity index (χ4n) is 2.90. The van der Waals surface area contributed by atoms with E-state index in [1.807, 2.05) is 28.6 Å². The van der Waals surface area contributed by atoms with E-state index in [4.69, 9.17) is 12.2 Å². The summed E-state index contributed by atoms with van der Waals surface area (Å²) in [7, 11) is 0. The monoisotopic (exact) mass is 382 g/mol. The molecule has 0 spiro atoms. The second kappa shape index (κ2) is 8.35. The van der Waals surface area contributed by atoms with Crippen molar-refractivity contribution in [3.8, 4) is 0 Å². The first-order chi connectivity index (χ1) is 13.0. The summed E-state index contributed by atoms with van der Waals surface area (Å²) in [6, 6.07) is 10.5. The molecular weight excluding hydrogens is 356 g/mol. The van der Waals surface area contributed by atoms with Crippen molar-refractivity contribution in [1.82, 2.24) is 24.9 Å². The Labute approximate surface area is 165 Å². The number of hydrogen-bond donors (Lipinski definition) is 2. The first-order valence-electron chi connectivity index (χ1n) is 9.13. The third-order valence-electron chi connectivity index (χ3n) is 4.52. The molecule has 142 valence electrons. The summed E-state index contributed by atoms with van der Waals surface area (Å²) >= 11 is 5.45. The van der Waals surface area contributed by atoms with Crippen LogP contribution in [0.5, 0.6) is 0 Å². The van der Waals surface area contributed by atoms with Gasteiger partial charge in [-0.3, -0.25) is 9.36 Å². The third kappa shape index (κ3) is 4.74. The standard InChI is InChI=1S/C20H26N6S/c1-5-25-11-10-18(24-25)12-21-20(27)22-19-15(3)23-26(16(19)4)13-17-8-6-14(2)7-9-17/h6-11H,5,12-13H2,1-4H3,(H2,21,22,27). The van der Waals surface area contributed by atoms with Gasteiger partial charge in [0.2, 0.25) is 0 Å². The van der Waals surface area contributed by atoms with Gasteiger partial charge in [0.25, 0.3) is 0 Å². The van der Waals surface area contributed by atoms with Crippen molar-refractivity contribution in [1.29, 1.82) is 0 Å². The van der Waals surface area contributed by atoms with Crippen LogP contribution in [-0.4, -0.2) is 24.7 Å². The third-order valence-corrected chi connectivity index (χ3v) is 4.77. The van der Waals surface area contributed by atoms with Crippen LogP contribution in [0.1, 0.15) is 35.1 Å². The van der Waals surface area contributed by atoms with Crippen LogP contribution >= 0.6 is 12.2 Å². The molecule has 0 saturated carbocycles. The minimum atomic E-state index is 0.571. The van der Waals surface area contributed by atoms with Crippen LogP contribution in [-0.2, 0) is 19.6 Å². The second-order valence-corrected chi connectivity index (χ2v) is 7.07. The number of nitrogens with zero attached hydrogens (tertiary/aromatic N) is 4. The Morgan fingerprint density at radius 1 is 1.07 bits per heavy atom. The van der Waals surface area contributed by atoms with Gasteiger partial charge in [-0.1, -0.05) is 29.8 Å². The van der Waals surface area contributed by atoms with E-state index in [9.17, 15) is 0 Å². The number of rotatable bonds is 6. The number of hydrogen-bond acceptors (Lipinski definition) is 3. The van der Waals surface area contributed by atoms with Crippen molar-refractivity contribution < 1.29 is 0 Å². The van der Waals surface area contributed by atoms with Crippen LogP contribution < -0.4 is 10.6 Å². The zero-order valence-corrected chi connectivity index (χ0v) is 17.1. The van der Waals surface area contributed by atoms with E-state index in [2.05, 4.69) is 65.9 Å². The van der Waals surface area contributed by atoms with Gasteiger partial charge in [0, 0.05) is 12.7 Å². The van der Waals surface area contributed by atoms with E-state index in [0.717, 1.165) is 35.9 Å². The molecule has 2 heterocycles. The van der Waals surface area contributed by atoms with Gasteiger partial charge < -0.3 is 10.6 Å². The molecule has 7 heteroatoms. The Morgan fingerprint density at radius 2 is 1.81 bits per heavy atom. The Kier molecular flexibility index (Phi) is 5.91. The molecular formula is C20H26N6S. The second-order valence-electron chi connectivity index (χ2n) is 6.66. The molecule has 0 saturated heterocycles. The lowest BCUT2D eigenvalue weighted by Crippen LogP contribution is -2.28. The van der Waals surface area contributed by atoms with Gasteiger partial charge in [-0.15, -0.1) is 0 Å². The molecule has 0 aliphatic rings. The van der Waals surface area contributed by atoms with Gasteiger partial charge >= 0.3 is 0 Å². The molecule has 0 atom stereocenters. The molecule has 27 heavy (non-hydrogen) atoms. The van der Waals surface area contributed by atoms with E-state index < -0.39 is 0 Å². The Morgan fingerprint density at radius 3 is 2.48 bits per heavy atom. The number of aromatic nitrogens is 4. The van der Waals surface area contributed by atoms with E-state index >= 15 is 0 Å². The minimum absolute atomic E-state index is 0.571. The smallest absolute Gasteiger partial charge is 0.171 e. The summed E-state index contributed by atoms with van der Waals surface area (Å²) in [6.07, 6.45) is 1.97. The minimum Gasteiger partial charge on any atom is -0.357 e. The maximum atomic E-state index is 5.45. The zero-order valence-electron chi connectivity index (χ0n) is 16.3. The molecule has 3 aromatic rings. The Hall–Kier alpha value is -2.67. The molecule has 0 radical (unpaired) electrons. The van der Waals surface area contributed by atoms with Crippen LogP contribution in [0.4, 0.5) is 5.69 Å². The highest BCUT2D eigenvalue weighted by Crippen LogP contribution is 2.20. The Bertz CT molecular complexity index is 923. The van der Waals surface area contributed by atoms with Crippen LogP contribution in [0.3, 0.4) is 0 Å². The average molecular weight is 383 g/mol. The quantitative estimate of drug-likeness (QED) is 0.639. The van der Waals surface area contributed by atoms with Gasteiger partial charge in [0.1, 0.15) is 0 Å². The lowest BCUT2D eigenvalue weighted by molar-refractivity contribution is 0.643. The van der Waals surface area contributed by atoms with Crippen molar-refractivity contribution in [3.63, 3.8) is 0 Å². The van der Waals surface area contributed by atoms with Crippen molar-refractivity contribution in [2.24, 2.45) is 0 Å². The fourth-order valence-corrected chi connectivity index (χ4v) is 3.08. The van der Waals surface area contributed by atoms with Crippen LogP contribution in [0.25, 0.3) is 0 Å². The topological polar surface area (TPSA) is 59.7 Å². The molecule has 0 fully saturated rings. The van der Waals surface area contributed by atoms with Crippen molar-refractivity contribution in [2.75, 3.05) is 5.32 Å². The van der Waals surface area contributed by atoms with Crippen molar-refractivity contribution >= 4 is 23.0 Å². The first kappa shape index (κ1) is 19.1. The lowest BCUT2D eigenvalue weighted by Gasteiger charge is -2.10.